The van der Waals surface area contributed by atoms with E-state index in [2.05, 4.69) is 20.9 Å². The third-order valence-electron chi connectivity index (χ3n) is 4.43. The summed E-state index contributed by atoms with van der Waals surface area (Å²) in [7, 11) is 0. The second-order valence-electron chi connectivity index (χ2n) is 7.28. The third-order valence-corrected chi connectivity index (χ3v) is 4.43. The second-order valence-corrected chi connectivity index (χ2v) is 7.28. The molecule has 3 rings (SSSR count). The summed E-state index contributed by atoms with van der Waals surface area (Å²) in [6.07, 6.45) is 2.41. The Morgan fingerprint density at radius 3 is 2.75 bits per heavy atom. The Labute approximate surface area is 183 Å². The maximum Gasteiger partial charge on any atom is 0.307 e. The fourth-order valence-electron chi connectivity index (χ4n) is 2.64. The van der Waals surface area contributed by atoms with Crippen LogP contribution in [0.25, 0.3) is 0 Å². The number of carbonyl (C=O) groups excluding carboxylic acids is 2. The number of aromatic nitrogens is 2. The smallest absolute Gasteiger partial charge is 0.307 e. The van der Waals surface area contributed by atoms with Gasteiger partial charge in [0, 0.05) is 11.6 Å². The minimum atomic E-state index is -0.550. The van der Waals surface area contributed by atoms with E-state index in [9.17, 15) is 19.7 Å². The van der Waals surface area contributed by atoms with Crippen molar-refractivity contribution in [2.24, 2.45) is 11.0 Å². The minimum absolute atomic E-state index is 0.0381. The van der Waals surface area contributed by atoms with Crippen LogP contribution in [0.4, 0.5) is 11.4 Å². The monoisotopic (exact) mass is 438 g/mol. The molecule has 0 saturated carbocycles. The molecule has 11 heteroatoms. The molecule has 2 amide bonds. The molecule has 32 heavy (non-hydrogen) atoms. The molecule has 0 bridgehead atoms. The van der Waals surface area contributed by atoms with Gasteiger partial charge in [0.05, 0.1) is 17.2 Å². The number of benzene rings is 1. The van der Waals surface area contributed by atoms with Gasteiger partial charge in [-0.3, -0.25) is 24.4 Å². The van der Waals surface area contributed by atoms with Gasteiger partial charge in [-0.05, 0) is 36.8 Å². The lowest BCUT2D eigenvalue weighted by atomic mass is 10.1. The number of rotatable bonds is 8. The van der Waals surface area contributed by atoms with E-state index in [0.717, 1.165) is 11.8 Å². The summed E-state index contributed by atoms with van der Waals surface area (Å²) >= 11 is 0. The van der Waals surface area contributed by atoms with Crippen molar-refractivity contribution < 1.29 is 18.9 Å². The Kier molecular flexibility index (Phi) is 6.78. The van der Waals surface area contributed by atoms with Crippen LogP contribution >= 0.6 is 0 Å². The lowest BCUT2D eigenvalue weighted by Gasteiger charge is -2.09. The molecule has 1 aromatic carbocycles. The number of nitro groups is 1. The molecule has 0 fully saturated rings. The van der Waals surface area contributed by atoms with E-state index in [0.29, 0.717) is 17.2 Å². The first-order chi connectivity index (χ1) is 15.2. The SMILES string of the molecule is CC(=NNC(=O)c1ccc(Cn2cc([N+](=O)[O-])cn2)o1)c1cccc(NC(=O)C(C)C)c1. The Morgan fingerprint density at radius 1 is 1.28 bits per heavy atom. The van der Waals surface area contributed by atoms with Crippen molar-refractivity contribution in [3.8, 4) is 0 Å². The Balaban J connectivity index is 1.62. The molecule has 0 unspecified atom stereocenters. The molecule has 11 nitrogen and oxygen atoms in total. The first-order valence-electron chi connectivity index (χ1n) is 9.74. The van der Waals surface area contributed by atoms with Crippen LogP contribution in [0.5, 0.6) is 0 Å². The van der Waals surface area contributed by atoms with Crippen molar-refractivity contribution in [1.29, 1.82) is 0 Å². The van der Waals surface area contributed by atoms with Crippen LogP contribution in [0.15, 0.2) is 58.3 Å². The highest BCUT2D eigenvalue weighted by molar-refractivity contribution is 6.02. The van der Waals surface area contributed by atoms with Crippen LogP contribution in [0.3, 0.4) is 0 Å². The standard InChI is InChI=1S/C21H22N6O5/c1-13(2)20(28)23-16-6-4-5-15(9-16)14(3)24-25-21(29)19-8-7-18(32-19)12-26-11-17(10-22-26)27(30)31/h4-11,13H,12H2,1-3H3,(H,23,28)(H,25,29). The Morgan fingerprint density at radius 2 is 2.06 bits per heavy atom. The van der Waals surface area contributed by atoms with E-state index in [1.807, 2.05) is 6.07 Å². The molecular weight excluding hydrogens is 416 g/mol. The van der Waals surface area contributed by atoms with E-state index < -0.39 is 10.8 Å². The van der Waals surface area contributed by atoms with Crippen molar-refractivity contribution in [3.05, 3.63) is 76.0 Å². The van der Waals surface area contributed by atoms with Gasteiger partial charge in [0.1, 0.15) is 18.2 Å². The van der Waals surface area contributed by atoms with E-state index in [-0.39, 0.29) is 29.8 Å². The number of hydrazone groups is 1. The molecule has 2 heterocycles. The molecule has 0 saturated heterocycles. The maximum absolute atomic E-state index is 12.3. The summed E-state index contributed by atoms with van der Waals surface area (Å²) < 4.78 is 6.82. The molecule has 0 aliphatic rings. The van der Waals surface area contributed by atoms with E-state index in [4.69, 9.17) is 4.42 Å². The number of amides is 2. The average Bonchev–Trinajstić information content (AvgIpc) is 3.42. The van der Waals surface area contributed by atoms with Crippen molar-refractivity contribution in [1.82, 2.24) is 15.2 Å². The molecule has 2 aromatic heterocycles. The quantitative estimate of drug-likeness (QED) is 0.314. The Hall–Kier alpha value is -4.28. The number of anilines is 1. The lowest BCUT2D eigenvalue weighted by molar-refractivity contribution is -0.385. The summed E-state index contributed by atoms with van der Waals surface area (Å²) in [5, 5.41) is 21.5. The summed E-state index contributed by atoms with van der Waals surface area (Å²) in [6, 6.07) is 10.2. The first-order valence-corrected chi connectivity index (χ1v) is 9.74. The predicted octanol–water partition coefficient (Wildman–Crippen LogP) is 3.18. The summed E-state index contributed by atoms with van der Waals surface area (Å²) in [6.45, 7) is 5.47. The van der Waals surface area contributed by atoms with Gasteiger partial charge in [-0.2, -0.15) is 10.2 Å². The number of hydrogen-bond acceptors (Lipinski definition) is 7. The summed E-state index contributed by atoms with van der Waals surface area (Å²) in [4.78, 5) is 34.4. The molecule has 0 aliphatic heterocycles. The zero-order valence-corrected chi connectivity index (χ0v) is 17.7. The third kappa shape index (κ3) is 5.65. The number of nitrogens with one attached hydrogen (secondary N) is 2. The van der Waals surface area contributed by atoms with Gasteiger partial charge in [0.25, 0.3) is 0 Å². The largest absolute Gasteiger partial charge is 0.454 e. The molecule has 166 valence electrons. The predicted molar refractivity (Wildman–Crippen MR) is 116 cm³/mol. The lowest BCUT2D eigenvalue weighted by Crippen LogP contribution is -2.19. The summed E-state index contributed by atoms with van der Waals surface area (Å²) in [5.41, 5.74) is 4.20. The zero-order valence-electron chi connectivity index (χ0n) is 17.7. The van der Waals surface area contributed by atoms with E-state index in [1.165, 1.54) is 16.9 Å². The number of nitrogens with zero attached hydrogens (tertiary/aromatic N) is 4. The van der Waals surface area contributed by atoms with Crippen molar-refractivity contribution in [3.63, 3.8) is 0 Å². The van der Waals surface area contributed by atoms with E-state index in [1.54, 1.807) is 45.0 Å². The first kappa shape index (κ1) is 22.4. The van der Waals surface area contributed by atoms with Crippen LogP contribution < -0.4 is 10.7 Å². The second kappa shape index (κ2) is 9.69. The molecule has 0 aliphatic carbocycles. The van der Waals surface area contributed by atoms with Gasteiger partial charge in [-0.1, -0.05) is 26.0 Å². The minimum Gasteiger partial charge on any atom is -0.454 e. The number of carbonyl (C=O) groups is 2. The number of hydrogen-bond donors (Lipinski definition) is 2. The van der Waals surface area contributed by atoms with Crippen LogP contribution in [0, 0.1) is 16.0 Å². The normalized spacial score (nSPS) is 11.4. The molecule has 3 aromatic rings. The molecule has 0 radical (unpaired) electrons. The fourth-order valence-corrected chi connectivity index (χ4v) is 2.64. The zero-order chi connectivity index (χ0) is 23.3. The Bertz CT molecular complexity index is 1180. The van der Waals surface area contributed by atoms with Crippen LogP contribution in [0.2, 0.25) is 0 Å². The van der Waals surface area contributed by atoms with Crippen LogP contribution in [-0.2, 0) is 11.3 Å². The van der Waals surface area contributed by atoms with Crippen LogP contribution in [0.1, 0.15) is 42.6 Å². The van der Waals surface area contributed by atoms with Gasteiger partial charge in [0.15, 0.2) is 5.76 Å². The number of furan rings is 1. The van der Waals surface area contributed by atoms with Gasteiger partial charge in [-0.15, -0.1) is 0 Å². The van der Waals surface area contributed by atoms with Crippen molar-refractivity contribution in [2.75, 3.05) is 5.32 Å². The molecule has 0 atom stereocenters. The van der Waals surface area contributed by atoms with Crippen molar-refractivity contribution in [2.45, 2.75) is 27.3 Å². The molecular formula is C21H22N6O5. The fraction of sp³-hybridized carbons (Fsp3) is 0.238. The highest BCUT2D eigenvalue weighted by Crippen LogP contribution is 2.14. The highest BCUT2D eigenvalue weighted by Gasteiger charge is 2.14. The maximum atomic E-state index is 12.3. The molecule has 0 spiro atoms. The van der Waals surface area contributed by atoms with E-state index >= 15 is 0 Å². The summed E-state index contributed by atoms with van der Waals surface area (Å²) in [5.74, 6) is -0.345. The van der Waals surface area contributed by atoms with Gasteiger partial charge in [0.2, 0.25) is 5.91 Å². The topological polar surface area (TPSA) is 145 Å². The highest BCUT2D eigenvalue weighted by atomic mass is 16.6. The molecule has 2 N–H and O–H groups in total. The van der Waals surface area contributed by atoms with Gasteiger partial charge < -0.3 is 9.73 Å². The van der Waals surface area contributed by atoms with Gasteiger partial charge >= 0.3 is 11.6 Å². The average molecular weight is 438 g/mol. The van der Waals surface area contributed by atoms with Crippen LogP contribution in [-0.4, -0.2) is 32.2 Å². The van der Waals surface area contributed by atoms with Crippen molar-refractivity contribution >= 4 is 28.9 Å². The van der Waals surface area contributed by atoms with Gasteiger partial charge in [-0.25, -0.2) is 5.43 Å².